The van der Waals surface area contributed by atoms with E-state index in [9.17, 15) is 4.79 Å². The van der Waals surface area contributed by atoms with Crippen molar-refractivity contribution in [2.75, 3.05) is 10.6 Å². The highest BCUT2D eigenvalue weighted by Gasteiger charge is 2.13. The Morgan fingerprint density at radius 1 is 1.04 bits per heavy atom. The highest BCUT2D eigenvalue weighted by atomic mass is 16.2. The third kappa shape index (κ3) is 4.30. The van der Waals surface area contributed by atoms with Gasteiger partial charge >= 0.3 is 6.03 Å². The molecule has 1 aliphatic rings. The molecule has 3 rings (SSSR count). The summed E-state index contributed by atoms with van der Waals surface area (Å²) in [5, 5.41) is 5.72. The summed E-state index contributed by atoms with van der Waals surface area (Å²) >= 11 is 0. The molecular formula is C21H24N4O. The van der Waals surface area contributed by atoms with Crippen molar-refractivity contribution in [2.45, 2.75) is 32.6 Å². The third-order valence-corrected chi connectivity index (χ3v) is 4.26. The minimum Gasteiger partial charge on any atom is -0.387 e. The molecule has 0 aromatic heterocycles. The van der Waals surface area contributed by atoms with Gasteiger partial charge in [-0.1, -0.05) is 45.0 Å². The molecule has 0 fully saturated rings. The summed E-state index contributed by atoms with van der Waals surface area (Å²) in [7, 11) is 0. The molecule has 1 aliphatic heterocycles. The molecule has 0 bridgehead atoms. The second-order valence-corrected chi connectivity index (χ2v) is 7.44. The molecule has 1 heterocycles. The average molecular weight is 348 g/mol. The van der Waals surface area contributed by atoms with Gasteiger partial charge in [0.25, 0.3) is 0 Å². The minimum atomic E-state index is -0.276. The van der Waals surface area contributed by atoms with Crippen LogP contribution in [0.25, 0.3) is 5.57 Å². The van der Waals surface area contributed by atoms with E-state index >= 15 is 0 Å². The number of hydrogen-bond acceptors (Lipinski definition) is 3. The van der Waals surface area contributed by atoms with Crippen LogP contribution in [0, 0.1) is 0 Å². The second-order valence-electron chi connectivity index (χ2n) is 7.44. The highest BCUT2D eigenvalue weighted by Crippen LogP contribution is 2.25. The number of hydrogen-bond donors (Lipinski definition) is 3. The number of urea groups is 1. The van der Waals surface area contributed by atoms with Crippen LogP contribution >= 0.6 is 0 Å². The molecule has 0 aliphatic carbocycles. The van der Waals surface area contributed by atoms with Crippen molar-refractivity contribution >= 4 is 28.8 Å². The van der Waals surface area contributed by atoms with Gasteiger partial charge in [-0.15, -0.1) is 0 Å². The van der Waals surface area contributed by atoms with Crippen molar-refractivity contribution in [3.63, 3.8) is 0 Å². The Morgan fingerprint density at radius 2 is 1.73 bits per heavy atom. The van der Waals surface area contributed by atoms with Gasteiger partial charge in [-0.25, -0.2) is 9.79 Å². The van der Waals surface area contributed by atoms with Gasteiger partial charge in [0.15, 0.2) is 0 Å². The van der Waals surface area contributed by atoms with E-state index in [-0.39, 0.29) is 11.4 Å². The van der Waals surface area contributed by atoms with Crippen LogP contribution < -0.4 is 16.4 Å². The summed E-state index contributed by atoms with van der Waals surface area (Å²) in [5.74, 6) is 0.606. The smallest absolute Gasteiger partial charge is 0.323 e. The van der Waals surface area contributed by atoms with Crippen molar-refractivity contribution in [1.82, 2.24) is 0 Å². The van der Waals surface area contributed by atoms with E-state index in [1.54, 1.807) is 6.20 Å². The standard InChI is InChI=1S/C21H24N4O/c1-21(2,3)16-7-9-17(10-8-16)24-20(26)25-18-6-4-5-14(11-18)15-12-19(22)23-13-15/h4-11,13H,12H2,1-3H3,(H2,22,23)(H2,24,25,26). The first-order valence-electron chi connectivity index (χ1n) is 8.61. The van der Waals surface area contributed by atoms with Gasteiger partial charge in [0.1, 0.15) is 5.84 Å². The summed E-state index contributed by atoms with van der Waals surface area (Å²) in [6.07, 6.45) is 2.40. The van der Waals surface area contributed by atoms with Crippen LogP contribution in [0.5, 0.6) is 0 Å². The van der Waals surface area contributed by atoms with Gasteiger partial charge in [0, 0.05) is 24.0 Å². The Labute approximate surface area is 154 Å². The van der Waals surface area contributed by atoms with Crippen molar-refractivity contribution in [3.8, 4) is 0 Å². The zero-order valence-electron chi connectivity index (χ0n) is 15.3. The monoisotopic (exact) mass is 348 g/mol. The molecule has 2 amide bonds. The predicted molar refractivity (Wildman–Crippen MR) is 108 cm³/mol. The number of nitrogens with one attached hydrogen (secondary N) is 2. The van der Waals surface area contributed by atoms with Gasteiger partial charge in [0.2, 0.25) is 0 Å². The fourth-order valence-corrected chi connectivity index (χ4v) is 2.77. The van der Waals surface area contributed by atoms with E-state index in [0.717, 1.165) is 22.5 Å². The lowest BCUT2D eigenvalue weighted by molar-refractivity contribution is 0.262. The molecule has 0 spiro atoms. The van der Waals surface area contributed by atoms with Crippen LogP contribution in [0.4, 0.5) is 16.2 Å². The fraction of sp³-hybridized carbons (Fsp3) is 0.238. The number of carbonyl (C=O) groups is 1. The summed E-state index contributed by atoms with van der Waals surface area (Å²) in [5.41, 5.74) is 10.6. The fourth-order valence-electron chi connectivity index (χ4n) is 2.77. The molecular weight excluding hydrogens is 324 g/mol. The number of nitrogens with zero attached hydrogens (tertiary/aromatic N) is 1. The molecule has 4 N–H and O–H groups in total. The minimum absolute atomic E-state index is 0.0866. The maximum Gasteiger partial charge on any atom is 0.323 e. The second kappa shape index (κ2) is 7.04. The van der Waals surface area contributed by atoms with Crippen LogP contribution in [-0.4, -0.2) is 11.9 Å². The number of carbonyl (C=O) groups excluding carboxylic acids is 1. The lowest BCUT2D eigenvalue weighted by Crippen LogP contribution is -2.19. The Balaban J connectivity index is 1.63. The number of amides is 2. The first kappa shape index (κ1) is 17.7. The highest BCUT2D eigenvalue weighted by molar-refractivity contribution is 6.00. The van der Waals surface area contributed by atoms with Crippen molar-refractivity contribution in [3.05, 3.63) is 65.9 Å². The zero-order chi connectivity index (χ0) is 18.7. The van der Waals surface area contributed by atoms with E-state index in [1.165, 1.54) is 5.56 Å². The quantitative estimate of drug-likeness (QED) is 0.749. The number of amidine groups is 1. The van der Waals surface area contributed by atoms with E-state index in [0.29, 0.717) is 12.3 Å². The number of anilines is 2. The molecule has 0 saturated carbocycles. The van der Waals surface area contributed by atoms with E-state index in [1.807, 2.05) is 48.5 Å². The zero-order valence-corrected chi connectivity index (χ0v) is 15.3. The van der Waals surface area contributed by atoms with Gasteiger partial charge < -0.3 is 16.4 Å². The molecule has 2 aromatic rings. The Bertz CT molecular complexity index is 874. The van der Waals surface area contributed by atoms with Crippen molar-refractivity contribution < 1.29 is 4.79 Å². The van der Waals surface area contributed by atoms with Gasteiger partial charge in [-0.05, 0) is 46.4 Å². The van der Waals surface area contributed by atoms with Gasteiger partial charge in [-0.3, -0.25) is 0 Å². The topological polar surface area (TPSA) is 79.5 Å². The maximum absolute atomic E-state index is 12.3. The average Bonchev–Trinajstić information content (AvgIpc) is 3.01. The lowest BCUT2D eigenvalue weighted by Gasteiger charge is -2.19. The van der Waals surface area contributed by atoms with E-state index < -0.39 is 0 Å². The summed E-state index contributed by atoms with van der Waals surface area (Å²) in [4.78, 5) is 16.4. The first-order valence-corrected chi connectivity index (χ1v) is 8.61. The maximum atomic E-state index is 12.3. The summed E-state index contributed by atoms with van der Waals surface area (Å²) in [6.45, 7) is 6.48. The molecule has 0 saturated heterocycles. The number of benzene rings is 2. The van der Waals surface area contributed by atoms with Crippen LogP contribution in [-0.2, 0) is 5.41 Å². The van der Waals surface area contributed by atoms with Crippen LogP contribution in [0.15, 0.2) is 59.7 Å². The van der Waals surface area contributed by atoms with Crippen LogP contribution in [0.3, 0.4) is 0 Å². The molecule has 0 atom stereocenters. The summed E-state index contributed by atoms with van der Waals surface area (Å²) in [6, 6.07) is 15.3. The van der Waals surface area contributed by atoms with Gasteiger partial charge in [0.05, 0.1) is 0 Å². The third-order valence-electron chi connectivity index (χ3n) is 4.26. The van der Waals surface area contributed by atoms with Crippen LogP contribution in [0.2, 0.25) is 0 Å². The van der Waals surface area contributed by atoms with E-state index in [2.05, 4.69) is 36.4 Å². The molecule has 5 nitrogen and oxygen atoms in total. The predicted octanol–water partition coefficient (Wildman–Crippen LogP) is 4.73. The Hall–Kier alpha value is -3.08. The van der Waals surface area contributed by atoms with Crippen molar-refractivity contribution in [1.29, 1.82) is 0 Å². The Kier molecular flexibility index (Phi) is 4.80. The SMILES string of the molecule is CC(C)(C)c1ccc(NC(=O)Nc2cccc(C3=CN=C(N)C3)c2)cc1. The number of aliphatic imine (C=N–C) groups is 1. The molecule has 26 heavy (non-hydrogen) atoms. The van der Waals surface area contributed by atoms with E-state index in [4.69, 9.17) is 5.73 Å². The first-order chi connectivity index (χ1) is 12.3. The Morgan fingerprint density at radius 3 is 2.35 bits per heavy atom. The normalized spacial score (nSPS) is 13.8. The van der Waals surface area contributed by atoms with Gasteiger partial charge in [-0.2, -0.15) is 0 Å². The largest absolute Gasteiger partial charge is 0.387 e. The molecule has 134 valence electrons. The molecule has 2 aromatic carbocycles. The van der Waals surface area contributed by atoms with Crippen molar-refractivity contribution in [2.24, 2.45) is 10.7 Å². The number of nitrogens with two attached hydrogens (primary N) is 1. The molecule has 0 unspecified atom stereocenters. The lowest BCUT2D eigenvalue weighted by atomic mass is 9.87. The number of rotatable bonds is 3. The molecule has 0 radical (unpaired) electrons. The van der Waals surface area contributed by atoms with Crippen LogP contribution in [0.1, 0.15) is 38.3 Å². The molecule has 5 heteroatoms. The summed E-state index contributed by atoms with van der Waals surface area (Å²) < 4.78 is 0.